The molecule has 0 fully saturated rings. The van der Waals surface area contributed by atoms with Crippen molar-refractivity contribution in [2.75, 3.05) is 5.32 Å². The summed E-state index contributed by atoms with van der Waals surface area (Å²) in [5.74, 6) is 0.701. The van der Waals surface area contributed by atoms with Gasteiger partial charge in [0.1, 0.15) is 5.82 Å². The fourth-order valence-corrected chi connectivity index (χ4v) is 1.96. The third kappa shape index (κ3) is 3.08. The van der Waals surface area contributed by atoms with Crippen LogP contribution >= 0.6 is 0 Å². The van der Waals surface area contributed by atoms with Crippen LogP contribution in [0.2, 0.25) is 0 Å². The molecule has 21 heavy (non-hydrogen) atoms. The lowest BCUT2D eigenvalue weighted by molar-refractivity contribution is 0.384. The van der Waals surface area contributed by atoms with Gasteiger partial charge in [0.15, 0.2) is 0 Å². The van der Waals surface area contributed by atoms with Crippen molar-refractivity contribution in [3.05, 3.63) is 65.8 Å². The van der Waals surface area contributed by atoms with Gasteiger partial charge in [-0.1, -0.05) is 23.4 Å². The quantitative estimate of drug-likeness (QED) is 0.791. The molecule has 0 aliphatic carbocycles. The molecule has 106 valence electrons. The van der Waals surface area contributed by atoms with Crippen molar-refractivity contribution < 1.29 is 8.91 Å². The highest BCUT2D eigenvalue weighted by atomic mass is 19.1. The number of anilines is 1. The molecule has 1 heterocycles. The molecule has 3 aromatic rings. The lowest BCUT2D eigenvalue weighted by Crippen LogP contribution is -1.99. The molecule has 1 aromatic heterocycles. The first-order valence-electron chi connectivity index (χ1n) is 6.60. The summed E-state index contributed by atoms with van der Waals surface area (Å²) in [6.45, 7) is 2.15. The molecule has 0 aliphatic heterocycles. The van der Waals surface area contributed by atoms with Crippen molar-refractivity contribution in [1.29, 1.82) is 0 Å². The van der Waals surface area contributed by atoms with Gasteiger partial charge in [0, 0.05) is 11.3 Å². The predicted molar refractivity (Wildman–Crippen MR) is 78.2 cm³/mol. The van der Waals surface area contributed by atoms with Crippen LogP contribution in [0.15, 0.2) is 53.1 Å². The van der Waals surface area contributed by atoms with Crippen LogP contribution in [0.3, 0.4) is 0 Å². The van der Waals surface area contributed by atoms with E-state index in [1.807, 2.05) is 30.3 Å². The van der Waals surface area contributed by atoms with Crippen LogP contribution in [0, 0.1) is 12.7 Å². The Labute approximate surface area is 121 Å². The highest BCUT2D eigenvalue weighted by molar-refractivity contribution is 5.55. The number of rotatable bonds is 4. The second-order valence-corrected chi connectivity index (χ2v) is 4.70. The molecular formula is C16H14FN3O. The summed E-state index contributed by atoms with van der Waals surface area (Å²) in [6.07, 6.45) is 0. The number of nitrogens with zero attached hydrogens (tertiary/aromatic N) is 2. The van der Waals surface area contributed by atoms with Gasteiger partial charge in [0.05, 0.1) is 6.54 Å². The van der Waals surface area contributed by atoms with Crippen LogP contribution in [0.25, 0.3) is 11.4 Å². The van der Waals surface area contributed by atoms with Gasteiger partial charge in [-0.3, -0.25) is 0 Å². The Morgan fingerprint density at radius 2 is 1.95 bits per heavy atom. The van der Waals surface area contributed by atoms with Gasteiger partial charge >= 0.3 is 0 Å². The minimum Gasteiger partial charge on any atom is -0.376 e. The molecule has 0 radical (unpaired) electrons. The molecule has 5 heteroatoms. The molecule has 0 aliphatic rings. The first kappa shape index (κ1) is 13.3. The lowest BCUT2D eigenvalue weighted by atomic mass is 10.1. The zero-order valence-corrected chi connectivity index (χ0v) is 11.5. The van der Waals surface area contributed by atoms with Crippen LogP contribution in [0.1, 0.15) is 11.5 Å². The third-order valence-electron chi connectivity index (χ3n) is 3.10. The number of para-hydroxylation sites is 1. The fourth-order valence-electron chi connectivity index (χ4n) is 1.96. The number of aromatic nitrogens is 2. The Morgan fingerprint density at radius 3 is 2.71 bits per heavy atom. The van der Waals surface area contributed by atoms with Crippen molar-refractivity contribution in [2.24, 2.45) is 0 Å². The standard InChI is InChI=1S/C16H14FN3O/c1-11-9-12(7-8-14(11)17)16-19-15(21-20-16)10-18-13-5-3-2-4-6-13/h2-9,18H,10H2,1H3. The smallest absolute Gasteiger partial charge is 0.246 e. The van der Waals surface area contributed by atoms with Crippen LogP contribution < -0.4 is 5.32 Å². The average Bonchev–Trinajstić information content (AvgIpc) is 2.98. The Hall–Kier alpha value is -2.69. The first-order valence-corrected chi connectivity index (χ1v) is 6.60. The first-order chi connectivity index (χ1) is 10.2. The third-order valence-corrected chi connectivity index (χ3v) is 3.10. The van der Waals surface area contributed by atoms with Crippen molar-refractivity contribution >= 4 is 5.69 Å². The summed E-state index contributed by atoms with van der Waals surface area (Å²) in [5.41, 5.74) is 2.28. The summed E-state index contributed by atoms with van der Waals surface area (Å²) in [7, 11) is 0. The van der Waals surface area contributed by atoms with E-state index in [0.717, 1.165) is 11.3 Å². The molecule has 0 bridgehead atoms. The van der Waals surface area contributed by atoms with Gasteiger partial charge in [0.25, 0.3) is 0 Å². The van der Waals surface area contributed by atoms with Gasteiger partial charge in [0.2, 0.25) is 11.7 Å². The van der Waals surface area contributed by atoms with Crippen molar-refractivity contribution in [3.8, 4) is 11.4 Å². The molecule has 0 spiro atoms. The van der Waals surface area contributed by atoms with Gasteiger partial charge < -0.3 is 9.84 Å². The van der Waals surface area contributed by atoms with E-state index in [1.54, 1.807) is 19.1 Å². The van der Waals surface area contributed by atoms with Crippen LogP contribution in [-0.4, -0.2) is 10.1 Å². The van der Waals surface area contributed by atoms with E-state index in [1.165, 1.54) is 6.07 Å². The van der Waals surface area contributed by atoms with Crippen molar-refractivity contribution in [1.82, 2.24) is 10.1 Å². The fraction of sp³-hybridized carbons (Fsp3) is 0.125. The minimum atomic E-state index is -0.242. The molecule has 2 aromatic carbocycles. The Kier molecular flexibility index (Phi) is 3.64. The van der Waals surface area contributed by atoms with E-state index in [0.29, 0.717) is 23.8 Å². The molecule has 1 N–H and O–H groups in total. The van der Waals surface area contributed by atoms with E-state index < -0.39 is 0 Å². The zero-order chi connectivity index (χ0) is 14.7. The maximum Gasteiger partial charge on any atom is 0.246 e. The van der Waals surface area contributed by atoms with Crippen molar-refractivity contribution in [2.45, 2.75) is 13.5 Å². The number of hydrogen-bond acceptors (Lipinski definition) is 4. The molecular weight excluding hydrogens is 269 g/mol. The van der Waals surface area contributed by atoms with Crippen LogP contribution in [0.4, 0.5) is 10.1 Å². The van der Waals surface area contributed by atoms with Crippen molar-refractivity contribution in [3.63, 3.8) is 0 Å². The molecule has 3 rings (SSSR count). The average molecular weight is 283 g/mol. The van der Waals surface area contributed by atoms with E-state index >= 15 is 0 Å². The zero-order valence-electron chi connectivity index (χ0n) is 11.5. The number of aryl methyl sites for hydroxylation is 1. The highest BCUT2D eigenvalue weighted by Crippen LogP contribution is 2.19. The molecule has 4 nitrogen and oxygen atoms in total. The summed E-state index contributed by atoms with van der Waals surface area (Å²) >= 11 is 0. The Balaban J connectivity index is 1.72. The maximum absolute atomic E-state index is 13.3. The lowest BCUT2D eigenvalue weighted by Gasteiger charge is -2.01. The number of benzene rings is 2. The van der Waals surface area contributed by atoms with E-state index in [2.05, 4.69) is 15.5 Å². The normalized spacial score (nSPS) is 10.6. The molecule has 0 amide bonds. The number of nitrogens with one attached hydrogen (secondary N) is 1. The van der Waals surface area contributed by atoms with E-state index in [4.69, 9.17) is 4.52 Å². The largest absolute Gasteiger partial charge is 0.376 e. The van der Waals surface area contributed by atoms with Gasteiger partial charge in [-0.15, -0.1) is 0 Å². The van der Waals surface area contributed by atoms with Crippen LogP contribution in [-0.2, 0) is 6.54 Å². The second kappa shape index (κ2) is 5.75. The minimum absolute atomic E-state index is 0.242. The number of halogens is 1. The molecule has 0 atom stereocenters. The van der Waals surface area contributed by atoms with Gasteiger partial charge in [-0.05, 0) is 42.8 Å². The summed E-state index contributed by atoms with van der Waals surface area (Å²) < 4.78 is 18.4. The molecule has 0 unspecified atom stereocenters. The number of hydrogen-bond donors (Lipinski definition) is 1. The maximum atomic E-state index is 13.3. The summed E-state index contributed by atoms with van der Waals surface area (Å²) in [4.78, 5) is 4.30. The Morgan fingerprint density at radius 1 is 1.14 bits per heavy atom. The van der Waals surface area contributed by atoms with Gasteiger partial charge in [-0.2, -0.15) is 4.98 Å². The van der Waals surface area contributed by atoms with Crippen LogP contribution in [0.5, 0.6) is 0 Å². The Bertz CT molecular complexity index is 740. The SMILES string of the molecule is Cc1cc(-c2noc(CNc3ccccc3)n2)ccc1F. The second-order valence-electron chi connectivity index (χ2n) is 4.70. The molecule has 0 saturated carbocycles. The van der Waals surface area contributed by atoms with E-state index in [-0.39, 0.29) is 5.82 Å². The monoisotopic (exact) mass is 283 g/mol. The predicted octanol–water partition coefficient (Wildman–Crippen LogP) is 3.80. The summed E-state index contributed by atoms with van der Waals surface area (Å²) in [5, 5.41) is 7.11. The topological polar surface area (TPSA) is 51.0 Å². The summed E-state index contributed by atoms with van der Waals surface area (Å²) in [6, 6.07) is 14.5. The van der Waals surface area contributed by atoms with Gasteiger partial charge in [-0.25, -0.2) is 4.39 Å². The molecule has 0 saturated heterocycles. The van der Waals surface area contributed by atoms with E-state index in [9.17, 15) is 4.39 Å². The highest BCUT2D eigenvalue weighted by Gasteiger charge is 2.09.